The standard InChI is InChI=1S/C19H13Cl2F9N6/c20-9-6-8(17(22,23)24)7-10(21)12(9)36-15(32-5-3-1-2-4-31)11-13(18(25,26)27)33-16(19(28,29)30)34-14(11)35-36/h6-7,14,32,35H,1-3,5H2. The molecule has 0 spiro atoms. The van der Waals surface area contributed by atoms with Crippen LogP contribution in [-0.2, 0) is 6.18 Å². The summed E-state index contributed by atoms with van der Waals surface area (Å²) in [4.78, 5) is 5.91. The second-order valence-electron chi connectivity index (χ2n) is 7.37. The van der Waals surface area contributed by atoms with Crippen molar-refractivity contribution in [3.05, 3.63) is 39.1 Å². The highest BCUT2D eigenvalue weighted by molar-refractivity contribution is 6.39. The molecule has 0 radical (unpaired) electrons. The summed E-state index contributed by atoms with van der Waals surface area (Å²) in [5.41, 5.74) is -2.19. The molecule has 0 saturated heterocycles. The summed E-state index contributed by atoms with van der Waals surface area (Å²) in [6, 6.07) is 2.80. The van der Waals surface area contributed by atoms with Gasteiger partial charge in [0.1, 0.15) is 12.0 Å². The first kappa shape index (κ1) is 27.9. The second kappa shape index (κ2) is 9.98. The Bertz CT molecular complexity index is 1140. The van der Waals surface area contributed by atoms with Gasteiger partial charge < -0.3 is 5.32 Å². The molecule has 3 rings (SSSR count). The van der Waals surface area contributed by atoms with Crippen LogP contribution >= 0.6 is 23.2 Å². The molecule has 196 valence electrons. The normalized spacial score (nSPS) is 18.6. The molecule has 0 saturated carbocycles. The van der Waals surface area contributed by atoms with Crippen molar-refractivity contribution >= 4 is 40.4 Å². The van der Waals surface area contributed by atoms with Gasteiger partial charge in [-0.1, -0.05) is 23.2 Å². The molecular weight excluding hydrogens is 554 g/mol. The maximum Gasteiger partial charge on any atom is 0.451 e. The number of rotatable bonds is 6. The van der Waals surface area contributed by atoms with Crippen molar-refractivity contribution in [1.82, 2.24) is 10.7 Å². The van der Waals surface area contributed by atoms with Crippen LogP contribution in [0.15, 0.2) is 33.5 Å². The Labute approximate surface area is 207 Å². The van der Waals surface area contributed by atoms with E-state index in [0.717, 1.165) is 0 Å². The summed E-state index contributed by atoms with van der Waals surface area (Å²) in [5.74, 6) is -2.57. The predicted octanol–water partition coefficient (Wildman–Crippen LogP) is 6.14. The van der Waals surface area contributed by atoms with Gasteiger partial charge in [0.25, 0.3) is 0 Å². The average Bonchev–Trinajstić information content (AvgIpc) is 3.08. The van der Waals surface area contributed by atoms with E-state index in [0.29, 0.717) is 23.6 Å². The number of hydrogen-bond acceptors (Lipinski definition) is 6. The third kappa shape index (κ3) is 5.81. The maximum absolute atomic E-state index is 13.8. The summed E-state index contributed by atoms with van der Waals surface area (Å²) in [5, 5.41) is 10.6. The highest BCUT2D eigenvalue weighted by atomic mass is 35.5. The van der Waals surface area contributed by atoms with E-state index < -0.39 is 68.9 Å². The van der Waals surface area contributed by atoms with Crippen LogP contribution in [0.1, 0.15) is 24.8 Å². The molecule has 1 aromatic rings. The van der Waals surface area contributed by atoms with Gasteiger partial charge in [-0.25, -0.2) is 9.98 Å². The maximum atomic E-state index is 13.8. The monoisotopic (exact) mass is 566 g/mol. The molecule has 2 aliphatic rings. The third-order valence-corrected chi connectivity index (χ3v) is 5.40. The lowest BCUT2D eigenvalue weighted by atomic mass is 10.1. The zero-order valence-electron chi connectivity index (χ0n) is 17.5. The number of fused-ring (bicyclic) bond motifs is 1. The molecule has 2 N–H and O–H groups in total. The summed E-state index contributed by atoms with van der Waals surface area (Å²) in [6.45, 7) is -0.0672. The van der Waals surface area contributed by atoms with Gasteiger partial charge in [-0.15, -0.1) is 0 Å². The Morgan fingerprint density at radius 2 is 1.58 bits per heavy atom. The number of aliphatic imine (C=N–C) groups is 2. The van der Waals surface area contributed by atoms with Gasteiger partial charge in [0.05, 0.1) is 32.9 Å². The van der Waals surface area contributed by atoms with Gasteiger partial charge in [0.15, 0.2) is 5.71 Å². The molecule has 1 unspecified atom stereocenters. The Kier molecular flexibility index (Phi) is 7.73. The molecule has 0 bridgehead atoms. The lowest BCUT2D eigenvalue weighted by molar-refractivity contribution is -0.137. The first-order chi connectivity index (χ1) is 16.6. The summed E-state index contributed by atoms with van der Waals surface area (Å²) < 4.78 is 120. The molecule has 0 amide bonds. The number of hydrogen-bond donors (Lipinski definition) is 2. The number of hydrazine groups is 1. The Morgan fingerprint density at radius 1 is 0.972 bits per heavy atom. The molecule has 2 heterocycles. The number of benzene rings is 1. The Morgan fingerprint density at radius 3 is 2.08 bits per heavy atom. The van der Waals surface area contributed by atoms with Gasteiger partial charge in [0.2, 0.25) is 5.84 Å². The lowest BCUT2D eigenvalue weighted by Gasteiger charge is -2.26. The Hall–Kier alpha value is -2.70. The first-order valence-electron chi connectivity index (χ1n) is 9.84. The van der Waals surface area contributed by atoms with E-state index >= 15 is 0 Å². The van der Waals surface area contributed by atoms with E-state index in [9.17, 15) is 39.5 Å². The van der Waals surface area contributed by atoms with Gasteiger partial charge in [-0.2, -0.15) is 50.2 Å². The van der Waals surface area contributed by atoms with E-state index in [2.05, 4.69) is 20.7 Å². The number of alkyl halides is 9. The predicted molar refractivity (Wildman–Crippen MR) is 112 cm³/mol. The number of unbranched alkanes of at least 4 members (excludes halogenated alkanes) is 2. The average molecular weight is 567 g/mol. The van der Waals surface area contributed by atoms with E-state index in [1.165, 1.54) is 0 Å². The molecule has 0 aliphatic carbocycles. The van der Waals surface area contributed by atoms with Crippen LogP contribution in [0, 0.1) is 11.3 Å². The van der Waals surface area contributed by atoms with Crippen LogP contribution in [0.4, 0.5) is 45.2 Å². The molecular formula is C19H13Cl2F9N6. The third-order valence-electron chi connectivity index (χ3n) is 4.83. The highest BCUT2D eigenvalue weighted by Gasteiger charge is 2.52. The van der Waals surface area contributed by atoms with Gasteiger partial charge in [-0.3, -0.25) is 5.01 Å². The largest absolute Gasteiger partial charge is 0.451 e. The molecule has 17 heteroatoms. The number of nitriles is 1. The minimum absolute atomic E-state index is 0.0672. The smallest absolute Gasteiger partial charge is 0.370 e. The van der Waals surface area contributed by atoms with Crippen molar-refractivity contribution in [3.8, 4) is 6.07 Å². The quantitative estimate of drug-likeness (QED) is 0.320. The van der Waals surface area contributed by atoms with Crippen molar-refractivity contribution in [2.75, 3.05) is 11.6 Å². The van der Waals surface area contributed by atoms with Crippen molar-refractivity contribution in [2.45, 2.75) is 44.0 Å². The van der Waals surface area contributed by atoms with E-state index in [4.69, 9.17) is 28.5 Å². The van der Waals surface area contributed by atoms with Crippen molar-refractivity contribution in [1.29, 1.82) is 5.26 Å². The number of amidine groups is 1. The van der Waals surface area contributed by atoms with Crippen LogP contribution < -0.4 is 15.8 Å². The fourth-order valence-corrected chi connectivity index (χ4v) is 3.99. The van der Waals surface area contributed by atoms with Crippen molar-refractivity contribution in [2.24, 2.45) is 9.98 Å². The highest BCUT2D eigenvalue weighted by Crippen LogP contribution is 2.44. The lowest BCUT2D eigenvalue weighted by Crippen LogP contribution is -2.43. The number of anilines is 1. The molecule has 0 aromatic heterocycles. The first-order valence-corrected chi connectivity index (χ1v) is 10.6. The fourth-order valence-electron chi connectivity index (χ4n) is 3.34. The molecule has 1 atom stereocenters. The zero-order chi connectivity index (χ0) is 27.1. The van der Waals surface area contributed by atoms with E-state index in [1.807, 2.05) is 6.07 Å². The van der Waals surface area contributed by atoms with E-state index in [1.54, 1.807) is 0 Å². The molecule has 2 aliphatic heterocycles. The molecule has 6 nitrogen and oxygen atoms in total. The Balaban J connectivity index is 2.16. The summed E-state index contributed by atoms with van der Waals surface area (Å²) >= 11 is 12.0. The van der Waals surface area contributed by atoms with Crippen LogP contribution in [0.25, 0.3) is 0 Å². The van der Waals surface area contributed by atoms with Gasteiger partial charge >= 0.3 is 18.5 Å². The van der Waals surface area contributed by atoms with Gasteiger partial charge in [-0.05, 0) is 25.0 Å². The van der Waals surface area contributed by atoms with Crippen molar-refractivity contribution in [3.63, 3.8) is 0 Å². The molecule has 36 heavy (non-hydrogen) atoms. The minimum atomic E-state index is -5.36. The van der Waals surface area contributed by atoms with E-state index in [-0.39, 0.29) is 19.4 Å². The zero-order valence-corrected chi connectivity index (χ0v) is 19.0. The van der Waals surface area contributed by atoms with Crippen LogP contribution in [0.5, 0.6) is 0 Å². The van der Waals surface area contributed by atoms with Crippen LogP contribution in [0.3, 0.4) is 0 Å². The van der Waals surface area contributed by atoms with Crippen molar-refractivity contribution < 1.29 is 39.5 Å². The SMILES string of the molecule is N#CCCCCNC1=C2C(C(F)(F)F)=NC(C(F)(F)F)=NC2NN1c1c(Cl)cc(C(F)(F)F)cc1Cl. The van der Waals surface area contributed by atoms with Gasteiger partial charge in [0, 0.05) is 13.0 Å². The molecule has 0 fully saturated rings. The molecule has 1 aromatic carbocycles. The number of nitrogens with zero attached hydrogens (tertiary/aromatic N) is 4. The number of nitrogens with one attached hydrogen (secondary N) is 2. The fraction of sp³-hybridized carbons (Fsp3) is 0.421. The minimum Gasteiger partial charge on any atom is -0.370 e. The number of halogens is 11. The van der Waals surface area contributed by atoms with Crippen LogP contribution in [0.2, 0.25) is 10.0 Å². The summed E-state index contributed by atoms with van der Waals surface area (Å²) in [6.07, 6.45) is -16.8. The topological polar surface area (TPSA) is 75.8 Å². The second-order valence-corrected chi connectivity index (χ2v) is 8.18. The summed E-state index contributed by atoms with van der Waals surface area (Å²) in [7, 11) is 0. The van der Waals surface area contributed by atoms with Crippen LogP contribution in [-0.4, -0.2) is 36.6 Å².